The summed E-state index contributed by atoms with van der Waals surface area (Å²) in [7, 11) is 0. The van der Waals surface area contributed by atoms with Crippen LogP contribution in [0.15, 0.2) is 48.5 Å². The first-order chi connectivity index (χ1) is 10.5. The lowest BCUT2D eigenvalue weighted by molar-refractivity contribution is -0.121. The van der Waals surface area contributed by atoms with Gasteiger partial charge in [0.1, 0.15) is 0 Å². The summed E-state index contributed by atoms with van der Waals surface area (Å²) in [5, 5.41) is 2.98. The molecule has 0 saturated carbocycles. The third-order valence-corrected chi connectivity index (χ3v) is 3.90. The average molecular weight is 295 g/mol. The number of hydrogen-bond donors (Lipinski definition) is 1. The molecule has 0 aromatic heterocycles. The van der Waals surface area contributed by atoms with Gasteiger partial charge in [-0.1, -0.05) is 67.9 Å². The third kappa shape index (κ3) is 5.03. The fraction of sp³-hybridized carbons (Fsp3) is 0.350. The van der Waals surface area contributed by atoms with Gasteiger partial charge in [-0.2, -0.15) is 0 Å². The molecule has 2 nitrogen and oxygen atoms in total. The monoisotopic (exact) mass is 295 g/mol. The van der Waals surface area contributed by atoms with E-state index in [9.17, 15) is 4.79 Å². The largest absolute Gasteiger partial charge is 0.352 e. The maximum absolute atomic E-state index is 11.9. The second kappa shape index (κ2) is 7.79. The number of hydrogen-bond acceptors (Lipinski definition) is 1. The zero-order valence-corrected chi connectivity index (χ0v) is 13.7. The van der Waals surface area contributed by atoms with Crippen molar-refractivity contribution in [2.24, 2.45) is 0 Å². The van der Waals surface area contributed by atoms with E-state index in [-0.39, 0.29) is 5.91 Å². The molecule has 0 bridgehead atoms. The standard InChI is InChI=1S/C20H25NO/c1-15(2)19-11-8-17(9-12-19)10-13-20(22)21-14-18-6-4-16(3)5-7-18/h4-9,11-12,15H,10,13-14H2,1-3H3,(H,21,22). The summed E-state index contributed by atoms with van der Waals surface area (Å²) in [4.78, 5) is 11.9. The minimum atomic E-state index is 0.105. The lowest BCUT2D eigenvalue weighted by Crippen LogP contribution is -2.22. The molecule has 1 amide bonds. The van der Waals surface area contributed by atoms with E-state index in [0.717, 1.165) is 12.0 Å². The van der Waals surface area contributed by atoms with Crippen molar-refractivity contribution in [1.29, 1.82) is 0 Å². The van der Waals surface area contributed by atoms with Crippen LogP contribution in [0, 0.1) is 6.92 Å². The van der Waals surface area contributed by atoms with E-state index in [1.54, 1.807) is 0 Å². The summed E-state index contributed by atoms with van der Waals surface area (Å²) >= 11 is 0. The first kappa shape index (κ1) is 16.3. The van der Waals surface area contributed by atoms with Gasteiger partial charge in [0.2, 0.25) is 5.91 Å². The summed E-state index contributed by atoms with van der Waals surface area (Å²) in [5.74, 6) is 0.653. The van der Waals surface area contributed by atoms with Crippen molar-refractivity contribution in [1.82, 2.24) is 5.32 Å². The molecule has 0 saturated heterocycles. The van der Waals surface area contributed by atoms with Crippen molar-refractivity contribution in [2.45, 2.75) is 46.1 Å². The molecule has 116 valence electrons. The van der Waals surface area contributed by atoms with Gasteiger partial charge in [-0.3, -0.25) is 4.79 Å². The summed E-state index contributed by atoms with van der Waals surface area (Å²) < 4.78 is 0. The van der Waals surface area contributed by atoms with Crippen LogP contribution >= 0.6 is 0 Å². The highest BCUT2D eigenvalue weighted by Gasteiger charge is 2.04. The van der Waals surface area contributed by atoms with Gasteiger partial charge in [0, 0.05) is 13.0 Å². The van der Waals surface area contributed by atoms with Crippen molar-refractivity contribution >= 4 is 5.91 Å². The topological polar surface area (TPSA) is 29.1 Å². The molecule has 0 radical (unpaired) electrons. The van der Waals surface area contributed by atoms with E-state index in [1.165, 1.54) is 16.7 Å². The van der Waals surface area contributed by atoms with Crippen LogP contribution in [0.3, 0.4) is 0 Å². The van der Waals surface area contributed by atoms with Crippen molar-refractivity contribution in [2.75, 3.05) is 0 Å². The number of carbonyl (C=O) groups is 1. The Kier molecular flexibility index (Phi) is 5.76. The summed E-state index contributed by atoms with van der Waals surface area (Å²) in [6, 6.07) is 16.8. The summed E-state index contributed by atoms with van der Waals surface area (Å²) in [6.45, 7) is 7.04. The Balaban J connectivity index is 1.76. The van der Waals surface area contributed by atoms with Gasteiger partial charge < -0.3 is 5.32 Å². The number of carbonyl (C=O) groups excluding carboxylic acids is 1. The van der Waals surface area contributed by atoms with E-state index in [4.69, 9.17) is 0 Å². The molecule has 0 aliphatic rings. The smallest absolute Gasteiger partial charge is 0.220 e. The van der Waals surface area contributed by atoms with Gasteiger partial charge >= 0.3 is 0 Å². The molecule has 22 heavy (non-hydrogen) atoms. The van der Waals surface area contributed by atoms with Gasteiger partial charge in [-0.05, 0) is 36.0 Å². The Bertz CT molecular complexity index is 597. The zero-order chi connectivity index (χ0) is 15.9. The van der Waals surface area contributed by atoms with Crippen LogP contribution in [0.5, 0.6) is 0 Å². The van der Waals surface area contributed by atoms with E-state index in [0.29, 0.717) is 18.9 Å². The normalized spacial score (nSPS) is 10.7. The van der Waals surface area contributed by atoms with Crippen molar-refractivity contribution < 1.29 is 4.79 Å². The predicted molar refractivity (Wildman–Crippen MR) is 91.9 cm³/mol. The fourth-order valence-corrected chi connectivity index (χ4v) is 2.32. The van der Waals surface area contributed by atoms with Gasteiger partial charge in [-0.15, -0.1) is 0 Å². The maximum Gasteiger partial charge on any atom is 0.220 e. The van der Waals surface area contributed by atoms with Gasteiger partial charge in [0.25, 0.3) is 0 Å². The molecular formula is C20H25NO. The van der Waals surface area contributed by atoms with Crippen LogP contribution < -0.4 is 5.32 Å². The highest BCUT2D eigenvalue weighted by Crippen LogP contribution is 2.15. The van der Waals surface area contributed by atoms with Crippen LogP contribution in [0.4, 0.5) is 0 Å². The van der Waals surface area contributed by atoms with E-state index in [1.807, 2.05) is 0 Å². The molecule has 0 heterocycles. The second-order valence-electron chi connectivity index (χ2n) is 6.16. The quantitative estimate of drug-likeness (QED) is 0.842. The first-order valence-corrected chi connectivity index (χ1v) is 7.95. The molecule has 0 atom stereocenters. The highest BCUT2D eigenvalue weighted by atomic mass is 16.1. The molecule has 1 N–H and O–H groups in total. The van der Waals surface area contributed by atoms with E-state index < -0.39 is 0 Å². The maximum atomic E-state index is 11.9. The molecular weight excluding hydrogens is 270 g/mol. The Hall–Kier alpha value is -2.09. The average Bonchev–Trinajstić information content (AvgIpc) is 2.52. The number of amides is 1. The fourth-order valence-electron chi connectivity index (χ4n) is 2.32. The SMILES string of the molecule is Cc1ccc(CNC(=O)CCc2ccc(C(C)C)cc2)cc1. The minimum absolute atomic E-state index is 0.105. The molecule has 2 heteroatoms. The van der Waals surface area contributed by atoms with Crippen LogP contribution in [-0.2, 0) is 17.8 Å². The Morgan fingerprint density at radius 2 is 1.55 bits per heavy atom. The van der Waals surface area contributed by atoms with E-state index >= 15 is 0 Å². The molecule has 0 aliphatic carbocycles. The third-order valence-electron chi connectivity index (χ3n) is 3.90. The van der Waals surface area contributed by atoms with Gasteiger partial charge in [0.05, 0.1) is 0 Å². The predicted octanol–water partition coefficient (Wildman–Crippen LogP) is 4.37. The molecule has 0 spiro atoms. The van der Waals surface area contributed by atoms with Gasteiger partial charge in [0.15, 0.2) is 0 Å². The Labute approximate surface area is 133 Å². The van der Waals surface area contributed by atoms with Crippen molar-refractivity contribution in [3.8, 4) is 0 Å². The molecule has 2 aromatic carbocycles. The Morgan fingerprint density at radius 1 is 0.955 bits per heavy atom. The lowest BCUT2D eigenvalue weighted by Gasteiger charge is -2.08. The summed E-state index contributed by atoms with van der Waals surface area (Å²) in [5.41, 5.74) is 4.93. The number of benzene rings is 2. The molecule has 0 unspecified atom stereocenters. The minimum Gasteiger partial charge on any atom is -0.352 e. The first-order valence-electron chi connectivity index (χ1n) is 7.95. The highest BCUT2D eigenvalue weighted by molar-refractivity contribution is 5.76. The second-order valence-corrected chi connectivity index (χ2v) is 6.16. The van der Waals surface area contributed by atoms with Crippen molar-refractivity contribution in [3.63, 3.8) is 0 Å². The van der Waals surface area contributed by atoms with Gasteiger partial charge in [-0.25, -0.2) is 0 Å². The van der Waals surface area contributed by atoms with Crippen molar-refractivity contribution in [3.05, 3.63) is 70.8 Å². The van der Waals surface area contributed by atoms with Crippen LogP contribution in [0.25, 0.3) is 0 Å². The zero-order valence-electron chi connectivity index (χ0n) is 13.7. The molecule has 2 rings (SSSR count). The molecule has 0 aliphatic heterocycles. The van der Waals surface area contributed by atoms with E-state index in [2.05, 4.69) is 74.6 Å². The summed E-state index contributed by atoms with van der Waals surface area (Å²) in [6.07, 6.45) is 1.32. The van der Waals surface area contributed by atoms with Crippen LogP contribution in [0.2, 0.25) is 0 Å². The molecule has 0 fully saturated rings. The number of nitrogens with one attached hydrogen (secondary N) is 1. The molecule has 2 aromatic rings. The lowest BCUT2D eigenvalue weighted by atomic mass is 10.0. The Morgan fingerprint density at radius 3 is 2.14 bits per heavy atom. The number of rotatable bonds is 6. The number of aryl methyl sites for hydroxylation is 2. The van der Waals surface area contributed by atoms with Crippen LogP contribution in [0.1, 0.15) is 48.4 Å². The van der Waals surface area contributed by atoms with Crippen LogP contribution in [-0.4, -0.2) is 5.91 Å².